The molecular weight excluding hydrogens is 265 g/mol. The molecule has 6 heteroatoms. The molecule has 1 aromatic rings. The number of hydrogen-bond acceptors (Lipinski definition) is 2. The number of aliphatic carboxylic acids is 1. The summed E-state index contributed by atoms with van der Waals surface area (Å²) in [6.45, 7) is 0.263. The van der Waals surface area contributed by atoms with Gasteiger partial charge in [-0.05, 0) is 18.6 Å². The zero-order valence-electron chi connectivity index (χ0n) is 8.90. The lowest BCUT2D eigenvalue weighted by Crippen LogP contribution is -2.23. The molecule has 0 atom stereocenters. The Morgan fingerprint density at radius 1 is 1.35 bits per heavy atom. The maximum Gasteiger partial charge on any atom is 0.303 e. The number of para-hydroxylation sites is 1. The normalized spacial score (nSPS) is 10.0. The number of carbonyl (C=O) groups excluding carboxylic acids is 1. The molecule has 0 aliphatic heterocycles. The van der Waals surface area contributed by atoms with E-state index in [1.807, 2.05) is 0 Å². The van der Waals surface area contributed by atoms with Crippen LogP contribution in [0.25, 0.3) is 0 Å². The van der Waals surface area contributed by atoms with Crippen LogP contribution < -0.4 is 4.90 Å². The summed E-state index contributed by atoms with van der Waals surface area (Å²) in [6.07, 6.45) is 0.928. The number of halogens is 2. The molecule has 0 aliphatic carbocycles. The highest BCUT2D eigenvalue weighted by Gasteiger charge is 2.13. The number of carbonyl (C=O) groups is 2. The van der Waals surface area contributed by atoms with Crippen molar-refractivity contribution < 1.29 is 14.7 Å². The number of amides is 1. The van der Waals surface area contributed by atoms with Gasteiger partial charge in [-0.25, -0.2) is 0 Å². The van der Waals surface area contributed by atoms with Gasteiger partial charge in [0.1, 0.15) is 0 Å². The van der Waals surface area contributed by atoms with Gasteiger partial charge < -0.3 is 10.0 Å². The van der Waals surface area contributed by atoms with Gasteiger partial charge in [0, 0.05) is 13.0 Å². The molecule has 17 heavy (non-hydrogen) atoms. The molecule has 0 heterocycles. The van der Waals surface area contributed by atoms with E-state index in [4.69, 9.17) is 28.3 Å². The van der Waals surface area contributed by atoms with Gasteiger partial charge in [-0.3, -0.25) is 9.59 Å². The number of hydrogen-bond donors (Lipinski definition) is 1. The van der Waals surface area contributed by atoms with Crippen molar-refractivity contribution in [1.29, 1.82) is 0 Å². The van der Waals surface area contributed by atoms with Crippen LogP contribution in [0.2, 0.25) is 10.0 Å². The first-order chi connectivity index (χ1) is 8.06. The molecular formula is C11H11Cl2NO3. The van der Waals surface area contributed by atoms with Crippen molar-refractivity contribution in [2.75, 3.05) is 11.4 Å². The maximum atomic E-state index is 10.9. The maximum absolute atomic E-state index is 10.9. The van der Waals surface area contributed by atoms with Gasteiger partial charge in [-0.1, -0.05) is 29.3 Å². The Morgan fingerprint density at radius 2 is 1.94 bits per heavy atom. The summed E-state index contributed by atoms with van der Waals surface area (Å²) in [4.78, 5) is 22.6. The number of benzene rings is 1. The van der Waals surface area contributed by atoms with Crippen LogP contribution in [-0.4, -0.2) is 24.0 Å². The van der Waals surface area contributed by atoms with E-state index in [9.17, 15) is 9.59 Å². The van der Waals surface area contributed by atoms with E-state index in [0.717, 1.165) is 0 Å². The van der Waals surface area contributed by atoms with Gasteiger partial charge in [0.05, 0.1) is 15.7 Å². The van der Waals surface area contributed by atoms with E-state index in [-0.39, 0.29) is 13.0 Å². The zero-order valence-corrected chi connectivity index (χ0v) is 10.4. The highest BCUT2D eigenvalue weighted by molar-refractivity contribution is 6.39. The zero-order chi connectivity index (χ0) is 12.8. The van der Waals surface area contributed by atoms with Crippen LogP contribution in [0.5, 0.6) is 0 Å². The van der Waals surface area contributed by atoms with Crippen LogP contribution in [0.1, 0.15) is 12.8 Å². The van der Waals surface area contributed by atoms with Gasteiger partial charge >= 0.3 is 5.97 Å². The molecule has 4 nitrogen and oxygen atoms in total. The third kappa shape index (κ3) is 3.91. The van der Waals surface area contributed by atoms with Crippen LogP contribution in [-0.2, 0) is 9.59 Å². The fraction of sp³-hybridized carbons (Fsp3) is 0.273. The van der Waals surface area contributed by atoms with Crippen molar-refractivity contribution in [3.63, 3.8) is 0 Å². The number of carboxylic acids is 1. The second-order valence-electron chi connectivity index (χ2n) is 3.37. The average Bonchev–Trinajstić information content (AvgIpc) is 2.26. The van der Waals surface area contributed by atoms with Crippen molar-refractivity contribution in [2.24, 2.45) is 0 Å². The van der Waals surface area contributed by atoms with Crippen molar-refractivity contribution in [2.45, 2.75) is 12.8 Å². The largest absolute Gasteiger partial charge is 0.481 e. The molecule has 0 unspecified atom stereocenters. The highest BCUT2D eigenvalue weighted by atomic mass is 35.5. The van der Waals surface area contributed by atoms with Crippen molar-refractivity contribution in [3.05, 3.63) is 28.2 Å². The summed E-state index contributed by atoms with van der Waals surface area (Å²) in [5, 5.41) is 9.24. The monoisotopic (exact) mass is 275 g/mol. The molecule has 1 aromatic carbocycles. The number of carboxylic acid groups (broad SMARTS) is 1. The van der Waals surface area contributed by atoms with Crippen molar-refractivity contribution in [1.82, 2.24) is 0 Å². The lowest BCUT2D eigenvalue weighted by Gasteiger charge is -2.19. The quantitative estimate of drug-likeness (QED) is 0.813. The van der Waals surface area contributed by atoms with Crippen molar-refractivity contribution >= 4 is 41.3 Å². The van der Waals surface area contributed by atoms with Crippen molar-refractivity contribution in [3.8, 4) is 0 Å². The number of anilines is 1. The van der Waals surface area contributed by atoms with E-state index in [1.54, 1.807) is 18.2 Å². The first-order valence-corrected chi connectivity index (χ1v) is 5.69. The predicted molar refractivity (Wildman–Crippen MR) is 66.7 cm³/mol. The van der Waals surface area contributed by atoms with Gasteiger partial charge in [0.15, 0.2) is 0 Å². The summed E-state index contributed by atoms with van der Waals surface area (Å²) >= 11 is 11.9. The lowest BCUT2D eigenvalue weighted by atomic mass is 10.2. The SMILES string of the molecule is O=CN(CCCC(=O)O)c1c(Cl)cccc1Cl. The lowest BCUT2D eigenvalue weighted by molar-refractivity contribution is -0.137. The minimum absolute atomic E-state index is 0.00753. The third-order valence-corrected chi connectivity index (χ3v) is 2.75. The van der Waals surface area contributed by atoms with Crippen LogP contribution in [0.4, 0.5) is 5.69 Å². The van der Waals surface area contributed by atoms with Crippen LogP contribution >= 0.6 is 23.2 Å². The van der Waals surface area contributed by atoms with E-state index in [0.29, 0.717) is 28.6 Å². The predicted octanol–water partition coefficient (Wildman–Crippen LogP) is 2.82. The van der Waals surface area contributed by atoms with E-state index in [2.05, 4.69) is 0 Å². The van der Waals surface area contributed by atoms with E-state index in [1.165, 1.54) is 4.90 Å². The van der Waals surface area contributed by atoms with Crippen LogP contribution in [0.3, 0.4) is 0 Å². The Balaban J connectivity index is 2.79. The van der Waals surface area contributed by atoms with Gasteiger partial charge in [-0.2, -0.15) is 0 Å². The molecule has 0 spiro atoms. The standard InChI is InChI=1S/C11H11Cl2NO3/c12-8-3-1-4-9(13)11(8)14(7-15)6-2-5-10(16)17/h1,3-4,7H,2,5-6H2,(H,16,17). The van der Waals surface area contributed by atoms with E-state index >= 15 is 0 Å². The third-order valence-electron chi connectivity index (χ3n) is 2.14. The molecule has 0 saturated carbocycles. The molecule has 0 radical (unpaired) electrons. The Hall–Kier alpha value is -1.26. The second kappa shape index (κ2) is 6.47. The molecule has 1 rings (SSSR count). The smallest absolute Gasteiger partial charge is 0.303 e. The minimum Gasteiger partial charge on any atom is -0.481 e. The van der Waals surface area contributed by atoms with E-state index < -0.39 is 5.97 Å². The molecule has 1 amide bonds. The summed E-state index contributed by atoms with van der Waals surface area (Å²) in [5.41, 5.74) is 0.413. The summed E-state index contributed by atoms with van der Waals surface area (Å²) in [5.74, 6) is -0.902. The molecule has 0 aliphatic rings. The molecule has 0 aromatic heterocycles. The van der Waals surface area contributed by atoms with Gasteiger partial charge in [0.25, 0.3) is 0 Å². The minimum atomic E-state index is -0.902. The van der Waals surface area contributed by atoms with Gasteiger partial charge in [-0.15, -0.1) is 0 Å². The van der Waals surface area contributed by atoms with Crippen LogP contribution in [0, 0.1) is 0 Å². The van der Waals surface area contributed by atoms with Crippen LogP contribution in [0.15, 0.2) is 18.2 Å². The molecule has 0 bridgehead atoms. The topological polar surface area (TPSA) is 57.6 Å². The molecule has 92 valence electrons. The number of rotatable bonds is 6. The first-order valence-electron chi connectivity index (χ1n) is 4.94. The summed E-state index contributed by atoms with van der Waals surface area (Å²) < 4.78 is 0. The molecule has 0 fully saturated rings. The first kappa shape index (κ1) is 13.8. The molecule has 0 saturated heterocycles. The highest BCUT2D eigenvalue weighted by Crippen LogP contribution is 2.32. The Morgan fingerprint density at radius 3 is 2.41 bits per heavy atom. The Bertz CT molecular complexity index is 403. The second-order valence-corrected chi connectivity index (χ2v) is 4.18. The Kier molecular flexibility index (Phi) is 5.25. The fourth-order valence-electron chi connectivity index (χ4n) is 1.38. The summed E-state index contributed by atoms with van der Waals surface area (Å²) in [6, 6.07) is 4.92. The number of nitrogens with zero attached hydrogens (tertiary/aromatic N) is 1. The molecule has 1 N–H and O–H groups in total. The Labute approximate surface area is 109 Å². The fourth-order valence-corrected chi connectivity index (χ4v) is 2.00. The van der Waals surface area contributed by atoms with Gasteiger partial charge in [0.2, 0.25) is 6.41 Å². The summed E-state index contributed by atoms with van der Waals surface area (Å²) in [7, 11) is 0. The average molecular weight is 276 g/mol.